The number of anilines is 2. The first-order chi connectivity index (χ1) is 17.2. The topological polar surface area (TPSA) is 119 Å². The summed E-state index contributed by atoms with van der Waals surface area (Å²) < 4.78 is 9.66. The zero-order valence-corrected chi connectivity index (χ0v) is 20.6. The number of halogens is 2. The van der Waals surface area contributed by atoms with Crippen LogP contribution in [0.2, 0.25) is 0 Å². The van der Waals surface area contributed by atoms with Gasteiger partial charge in [0.05, 0.1) is 46.5 Å². The normalized spacial score (nSPS) is 23.1. The maximum Gasteiger partial charge on any atom is 0.338 e. The van der Waals surface area contributed by atoms with Crippen molar-refractivity contribution in [3.8, 4) is 0 Å². The van der Waals surface area contributed by atoms with E-state index in [4.69, 9.17) is 27.9 Å². The Balaban J connectivity index is 1.33. The number of hydrogen-bond donors (Lipinski definition) is 1. The number of carbonyl (C=O) groups is 5. The Morgan fingerprint density at radius 2 is 1.36 bits per heavy atom. The fraction of sp³-hybridized carbons (Fsp3) is 0.320. The van der Waals surface area contributed by atoms with Gasteiger partial charge < -0.3 is 14.8 Å². The Bertz CT molecular complexity index is 1170. The second-order valence-corrected chi connectivity index (χ2v) is 9.59. The third-order valence-electron chi connectivity index (χ3n) is 6.20. The van der Waals surface area contributed by atoms with Gasteiger partial charge in [-0.2, -0.15) is 0 Å². The Labute approximate surface area is 216 Å². The lowest BCUT2D eigenvalue weighted by molar-refractivity contribution is -0.122. The van der Waals surface area contributed by atoms with Gasteiger partial charge in [0.2, 0.25) is 11.8 Å². The average molecular weight is 533 g/mol. The monoisotopic (exact) mass is 532 g/mol. The van der Waals surface area contributed by atoms with Gasteiger partial charge in [0, 0.05) is 5.69 Å². The van der Waals surface area contributed by atoms with Crippen LogP contribution in [0.15, 0.2) is 48.5 Å². The second kappa shape index (κ2) is 10.7. The van der Waals surface area contributed by atoms with Gasteiger partial charge in [-0.15, -0.1) is 23.2 Å². The highest BCUT2D eigenvalue weighted by Crippen LogP contribution is 2.43. The minimum Gasteiger partial charge on any atom is -0.465 e. The van der Waals surface area contributed by atoms with Crippen molar-refractivity contribution in [2.75, 3.05) is 23.9 Å². The molecule has 188 valence electrons. The van der Waals surface area contributed by atoms with Crippen LogP contribution in [0.3, 0.4) is 0 Å². The molecule has 0 unspecified atom stereocenters. The van der Waals surface area contributed by atoms with Crippen LogP contribution in [0.25, 0.3) is 0 Å². The van der Waals surface area contributed by atoms with Gasteiger partial charge in [0.25, 0.3) is 5.91 Å². The van der Waals surface area contributed by atoms with Crippen molar-refractivity contribution < 1.29 is 33.4 Å². The second-order valence-electron chi connectivity index (χ2n) is 8.47. The van der Waals surface area contributed by atoms with E-state index in [-0.39, 0.29) is 28.1 Å². The number of ether oxygens (including phenoxy) is 2. The van der Waals surface area contributed by atoms with Crippen molar-refractivity contribution in [2.24, 2.45) is 11.8 Å². The summed E-state index contributed by atoms with van der Waals surface area (Å²) in [6, 6.07) is 11.8. The molecule has 0 spiro atoms. The highest BCUT2D eigenvalue weighted by atomic mass is 35.5. The lowest BCUT2D eigenvalue weighted by atomic mass is 9.80. The standard InChI is InChI=1S/C25H22Cl2N2O7/c1-35-24(33)13-2-6-15(7-3-13)28-21(30)12-36-25(34)14-4-8-16(9-5-14)29-22(31)17-10-19(26)20(27)11-18(17)23(29)32/h2-9,17-20H,10-12H2,1H3,(H,28,30)/t17-,18-,19+,20+/m1/s1. The van der Waals surface area contributed by atoms with Crippen molar-refractivity contribution >= 4 is 64.2 Å². The van der Waals surface area contributed by atoms with Gasteiger partial charge in [-0.05, 0) is 61.4 Å². The molecule has 3 amide bonds. The van der Waals surface area contributed by atoms with Crippen LogP contribution in [0.5, 0.6) is 0 Å². The molecule has 1 N–H and O–H groups in total. The molecule has 4 rings (SSSR count). The molecule has 2 aromatic rings. The van der Waals surface area contributed by atoms with E-state index in [0.29, 0.717) is 29.8 Å². The molecule has 0 aromatic heterocycles. The van der Waals surface area contributed by atoms with Crippen LogP contribution < -0.4 is 10.2 Å². The fourth-order valence-electron chi connectivity index (χ4n) is 4.32. The van der Waals surface area contributed by atoms with Gasteiger partial charge in [0.15, 0.2) is 6.61 Å². The molecular weight excluding hydrogens is 511 g/mol. The molecule has 1 saturated heterocycles. The number of esters is 2. The van der Waals surface area contributed by atoms with Gasteiger partial charge in [-0.3, -0.25) is 19.3 Å². The van der Waals surface area contributed by atoms with Crippen LogP contribution in [-0.2, 0) is 23.9 Å². The third-order valence-corrected chi connectivity index (χ3v) is 7.29. The lowest BCUT2D eigenvalue weighted by Crippen LogP contribution is -2.34. The zero-order valence-electron chi connectivity index (χ0n) is 19.1. The minimum absolute atomic E-state index is 0.145. The smallest absolute Gasteiger partial charge is 0.338 e. The maximum absolute atomic E-state index is 12.9. The summed E-state index contributed by atoms with van der Waals surface area (Å²) in [6.45, 7) is -0.537. The van der Waals surface area contributed by atoms with Crippen molar-refractivity contribution in [3.05, 3.63) is 59.7 Å². The summed E-state index contributed by atoms with van der Waals surface area (Å²) in [4.78, 5) is 62.8. The molecule has 9 nitrogen and oxygen atoms in total. The predicted octanol–water partition coefficient (Wildman–Crippen LogP) is 3.38. The van der Waals surface area contributed by atoms with E-state index in [2.05, 4.69) is 10.1 Å². The molecule has 36 heavy (non-hydrogen) atoms. The van der Waals surface area contributed by atoms with Crippen LogP contribution in [-0.4, -0.2) is 54.1 Å². The SMILES string of the molecule is COC(=O)c1ccc(NC(=O)COC(=O)c2ccc(N3C(=O)[C@@H]4C[C@H](Cl)[C@@H](Cl)C[C@H]4C3=O)cc2)cc1. The number of imide groups is 1. The number of alkyl halides is 2. The number of benzene rings is 2. The van der Waals surface area contributed by atoms with Gasteiger partial charge in [0.1, 0.15) is 0 Å². The number of hydrogen-bond acceptors (Lipinski definition) is 7. The summed E-state index contributed by atoms with van der Waals surface area (Å²) in [5.41, 5.74) is 1.22. The number of methoxy groups -OCH3 is 1. The first-order valence-electron chi connectivity index (χ1n) is 11.1. The first kappa shape index (κ1) is 25.7. The quantitative estimate of drug-likeness (QED) is 0.344. The van der Waals surface area contributed by atoms with Crippen LogP contribution >= 0.6 is 23.2 Å². The van der Waals surface area contributed by atoms with E-state index in [1.54, 1.807) is 0 Å². The Morgan fingerprint density at radius 3 is 1.89 bits per heavy atom. The average Bonchev–Trinajstić information content (AvgIpc) is 3.11. The van der Waals surface area contributed by atoms with Crippen molar-refractivity contribution in [2.45, 2.75) is 23.6 Å². The molecule has 1 saturated carbocycles. The Hall–Kier alpha value is -3.43. The molecule has 2 fully saturated rings. The number of nitrogens with one attached hydrogen (secondary N) is 1. The molecular formula is C25H22Cl2N2O7. The summed E-state index contributed by atoms with van der Waals surface area (Å²) in [6.07, 6.45) is 0.673. The third kappa shape index (κ3) is 5.22. The molecule has 0 bridgehead atoms. The molecule has 1 heterocycles. The highest BCUT2D eigenvalue weighted by molar-refractivity contribution is 6.31. The molecule has 2 aromatic carbocycles. The molecule has 1 aliphatic heterocycles. The van der Waals surface area contributed by atoms with Gasteiger partial charge >= 0.3 is 11.9 Å². The van der Waals surface area contributed by atoms with E-state index in [0.717, 1.165) is 4.90 Å². The molecule has 2 aliphatic rings. The largest absolute Gasteiger partial charge is 0.465 e. The minimum atomic E-state index is -0.750. The number of nitrogens with zero attached hydrogens (tertiary/aromatic N) is 1. The summed E-state index contributed by atoms with van der Waals surface area (Å²) in [7, 11) is 1.27. The van der Waals surface area contributed by atoms with Crippen molar-refractivity contribution in [3.63, 3.8) is 0 Å². The number of rotatable bonds is 6. The lowest BCUT2D eigenvalue weighted by Gasteiger charge is -2.28. The highest BCUT2D eigenvalue weighted by Gasteiger charge is 2.52. The number of carbonyl (C=O) groups excluding carboxylic acids is 5. The molecule has 4 atom stereocenters. The van der Waals surface area contributed by atoms with E-state index >= 15 is 0 Å². The molecule has 0 radical (unpaired) electrons. The molecule has 11 heteroatoms. The van der Waals surface area contributed by atoms with E-state index in [9.17, 15) is 24.0 Å². The predicted molar refractivity (Wildman–Crippen MR) is 131 cm³/mol. The van der Waals surface area contributed by atoms with Gasteiger partial charge in [-0.1, -0.05) is 0 Å². The number of fused-ring (bicyclic) bond motifs is 1. The summed E-state index contributed by atoms with van der Waals surface area (Å²) in [5.74, 6) is -3.49. The first-order valence-corrected chi connectivity index (χ1v) is 12.0. The Morgan fingerprint density at radius 1 is 0.861 bits per heavy atom. The van der Waals surface area contributed by atoms with Crippen LogP contribution in [0, 0.1) is 11.8 Å². The fourth-order valence-corrected chi connectivity index (χ4v) is 4.90. The summed E-state index contributed by atoms with van der Waals surface area (Å²) in [5, 5.41) is 1.80. The van der Waals surface area contributed by atoms with Crippen LogP contribution in [0.4, 0.5) is 11.4 Å². The van der Waals surface area contributed by atoms with Crippen LogP contribution in [0.1, 0.15) is 33.6 Å². The van der Waals surface area contributed by atoms with E-state index < -0.39 is 36.3 Å². The maximum atomic E-state index is 12.9. The zero-order chi connectivity index (χ0) is 26.0. The number of amides is 3. The van der Waals surface area contributed by atoms with E-state index in [1.165, 1.54) is 55.6 Å². The van der Waals surface area contributed by atoms with E-state index in [1.807, 2.05) is 0 Å². The molecule has 1 aliphatic carbocycles. The Kier molecular flexibility index (Phi) is 7.61. The van der Waals surface area contributed by atoms with Crippen molar-refractivity contribution in [1.29, 1.82) is 0 Å². The summed E-state index contributed by atoms with van der Waals surface area (Å²) >= 11 is 12.4. The van der Waals surface area contributed by atoms with Crippen molar-refractivity contribution in [1.82, 2.24) is 0 Å². The van der Waals surface area contributed by atoms with Gasteiger partial charge in [-0.25, -0.2) is 9.59 Å².